The highest BCUT2D eigenvalue weighted by molar-refractivity contribution is 5.87. The summed E-state index contributed by atoms with van der Waals surface area (Å²) in [5, 5.41) is 9.45. The van der Waals surface area contributed by atoms with Crippen LogP contribution in [0.4, 0.5) is 5.69 Å². The SMILES string of the molecule is O=C(O)[C@@H]1[C@H](C(=O)N2CCN(c3ccccc3)CC2)[C@H]2C=C[C@@H]1O2. The molecule has 0 spiro atoms. The van der Waals surface area contributed by atoms with Gasteiger partial charge < -0.3 is 19.6 Å². The van der Waals surface area contributed by atoms with Crippen LogP contribution in [0.25, 0.3) is 0 Å². The first-order valence-electron chi connectivity index (χ1n) is 8.30. The number of carboxylic acid groups (broad SMARTS) is 1. The third kappa shape index (κ3) is 2.47. The fraction of sp³-hybridized carbons (Fsp3) is 0.444. The summed E-state index contributed by atoms with van der Waals surface area (Å²) >= 11 is 0. The van der Waals surface area contributed by atoms with Crippen LogP contribution in [-0.4, -0.2) is 60.3 Å². The maximum atomic E-state index is 12.9. The fourth-order valence-electron chi connectivity index (χ4n) is 3.93. The minimum absolute atomic E-state index is 0.0908. The van der Waals surface area contributed by atoms with Crippen molar-refractivity contribution < 1.29 is 19.4 Å². The molecular formula is C18H20N2O4. The summed E-state index contributed by atoms with van der Waals surface area (Å²) < 4.78 is 5.61. The number of ether oxygens (including phenoxy) is 1. The smallest absolute Gasteiger partial charge is 0.310 e. The summed E-state index contributed by atoms with van der Waals surface area (Å²) in [6.07, 6.45) is 2.73. The van der Waals surface area contributed by atoms with E-state index in [0.717, 1.165) is 18.8 Å². The van der Waals surface area contributed by atoms with E-state index in [2.05, 4.69) is 17.0 Å². The number of carbonyl (C=O) groups excluding carboxylic acids is 1. The van der Waals surface area contributed by atoms with E-state index in [-0.39, 0.29) is 5.91 Å². The molecule has 0 aromatic heterocycles. The van der Waals surface area contributed by atoms with Crippen molar-refractivity contribution in [2.24, 2.45) is 11.8 Å². The largest absolute Gasteiger partial charge is 0.481 e. The van der Waals surface area contributed by atoms with Crippen LogP contribution in [0.3, 0.4) is 0 Å². The van der Waals surface area contributed by atoms with Gasteiger partial charge in [-0.15, -0.1) is 0 Å². The Morgan fingerprint density at radius 1 is 0.958 bits per heavy atom. The molecule has 3 heterocycles. The van der Waals surface area contributed by atoms with Crippen LogP contribution in [-0.2, 0) is 14.3 Å². The third-order valence-corrected chi connectivity index (χ3v) is 5.18. The molecule has 1 amide bonds. The van der Waals surface area contributed by atoms with Crippen LogP contribution in [0.1, 0.15) is 0 Å². The number of carbonyl (C=O) groups is 2. The summed E-state index contributed by atoms with van der Waals surface area (Å²) in [6, 6.07) is 10.1. The van der Waals surface area contributed by atoms with Gasteiger partial charge in [-0.1, -0.05) is 30.4 Å². The predicted octanol–water partition coefficient (Wildman–Crippen LogP) is 0.989. The summed E-state index contributed by atoms with van der Waals surface area (Å²) in [7, 11) is 0. The van der Waals surface area contributed by atoms with Crippen molar-refractivity contribution in [3.63, 3.8) is 0 Å². The zero-order valence-corrected chi connectivity index (χ0v) is 13.2. The molecule has 24 heavy (non-hydrogen) atoms. The van der Waals surface area contributed by atoms with Crippen molar-refractivity contribution in [1.29, 1.82) is 0 Å². The van der Waals surface area contributed by atoms with Gasteiger partial charge in [-0.2, -0.15) is 0 Å². The van der Waals surface area contributed by atoms with E-state index in [9.17, 15) is 14.7 Å². The monoisotopic (exact) mass is 328 g/mol. The van der Waals surface area contributed by atoms with Crippen LogP contribution in [0.15, 0.2) is 42.5 Å². The summed E-state index contributed by atoms with van der Waals surface area (Å²) in [5.41, 5.74) is 1.15. The second-order valence-electron chi connectivity index (χ2n) is 6.49. The first-order chi connectivity index (χ1) is 11.6. The molecule has 4 atom stereocenters. The molecule has 1 aromatic carbocycles. The molecule has 2 saturated heterocycles. The number of nitrogens with zero attached hydrogens (tertiary/aromatic N) is 2. The Morgan fingerprint density at radius 3 is 2.21 bits per heavy atom. The number of aliphatic carboxylic acids is 1. The standard InChI is InChI=1S/C18H20N2O4/c21-17(15-13-6-7-14(24-13)16(15)18(22)23)20-10-8-19(9-11-20)12-4-2-1-3-5-12/h1-7,13-16H,8-11H2,(H,22,23)/t13-,14+,15-,16+/m1/s1. The molecule has 6 heteroatoms. The van der Waals surface area contributed by atoms with Gasteiger partial charge in [0.15, 0.2) is 0 Å². The van der Waals surface area contributed by atoms with Crippen molar-refractivity contribution in [3.05, 3.63) is 42.5 Å². The van der Waals surface area contributed by atoms with Gasteiger partial charge in [0.1, 0.15) is 5.92 Å². The van der Waals surface area contributed by atoms with Gasteiger partial charge in [-0.25, -0.2) is 0 Å². The van der Waals surface area contributed by atoms with Crippen LogP contribution < -0.4 is 4.90 Å². The van der Waals surface area contributed by atoms with Crippen LogP contribution in [0.2, 0.25) is 0 Å². The number of anilines is 1. The lowest BCUT2D eigenvalue weighted by atomic mass is 9.82. The Bertz CT molecular complexity index is 667. The number of hydrogen-bond acceptors (Lipinski definition) is 4. The Hall–Kier alpha value is -2.34. The van der Waals surface area contributed by atoms with Crippen molar-refractivity contribution >= 4 is 17.6 Å². The Kier molecular flexibility index (Phi) is 3.76. The second-order valence-corrected chi connectivity index (χ2v) is 6.49. The molecule has 0 unspecified atom stereocenters. The van der Waals surface area contributed by atoms with Crippen molar-refractivity contribution in [1.82, 2.24) is 4.90 Å². The Balaban J connectivity index is 1.43. The second kappa shape index (κ2) is 5.94. The topological polar surface area (TPSA) is 70.1 Å². The molecule has 3 aliphatic rings. The van der Waals surface area contributed by atoms with Crippen molar-refractivity contribution in [2.75, 3.05) is 31.1 Å². The normalized spacial score (nSPS) is 31.5. The molecule has 1 aromatic rings. The number of benzene rings is 1. The number of hydrogen-bond donors (Lipinski definition) is 1. The Labute approximate surface area is 140 Å². The zero-order valence-electron chi connectivity index (χ0n) is 13.2. The van der Waals surface area contributed by atoms with E-state index in [4.69, 9.17) is 4.74 Å². The molecule has 2 fully saturated rings. The number of fused-ring (bicyclic) bond motifs is 2. The molecule has 4 rings (SSSR count). The molecule has 126 valence electrons. The number of amides is 1. The average molecular weight is 328 g/mol. The Morgan fingerprint density at radius 2 is 1.58 bits per heavy atom. The predicted molar refractivity (Wildman–Crippen MR) is 87.7 cm³/mol. The van der Waals surface area contributed by atoms with Gasteiger partial charge in [0, 0.05) is 31.9 Å². The van der Waals surface area contributed by atoms with Crippen LogP contribution in [0, 0.1) is 11.8 Å². The molecule has 2 bridgehead atoms. The van der Waals surface area contributed by atoms with E-state index in [1.54, 1.807) is 11.0 Å². The summed E-state index contributed by atoms with van der Waals surface area (Å²) in [5.74, 6) is -2.40. The highest BCUT2D eigenvalue weighted by Gasteiger charge is 2.54. The van der Waals surface area contributed by atoms with Gasteiger partial charge in [0.05, 0.1) is 18.1 Å². The van der Waals surface area contributed by atoms with Gasteiger partial charge in [0.2, 0.25) is 5.91 Å². The summed E-state index contributed by atoms with van der Waals surface area (Å²) in [6.45, 7) is 2.73. The van der Waals surface area contributed by atoms with E-state index in [1.807, 2.05) is 24.3 Å². The van der Waals surface area contributed by atoms with E-state index < -0.39 is 30.0 Å². The molecule has 3 aliphatic heterocycles. The number of rotatable bonds is 3. The molecular weight excluding hydrogens is 308 g/mol. The molecule has 1 N–H and O–H groups in total. The minimum Gasteiger partial charge on any atom is -0.481 e. The maximum absolute atomic E-state index is 12.9. The fourth-order valence-corrected chi connectivity index (χ4v) is 3.93. The number of para-hydroxylation sites is 1. The van der Waals surface area contributed by atoms with Gasteiger partial charge in [-0.3, -0.25) is 9.59 Å². The molecule has 6 nitrogen and oxygen atoms in total. The quantitative estimate of drug-likeness (QED) is 0.838. The van der Waals surface area contributed by atoms with E-state index in [0.29, 0.717) is 13.1 Å². The van der Waals surface area contributed by atoms with Gasteiger partial charge in [-0.05, 0) is 12.1 Å². The average Bonchev–Trinajstić information content (AvgIpc) is 3.23. The maximum Gasteiger partial charge on any atom is 0.310 e. The van der Waals surface area contributed by atoms with Gasteiger partial charge >= 0.3 is 5.97 Å². The van der Waals surface area contributed by atoms with E-state index >= 15 is 0 Å². The molecule has 0 aliphatic carbocycles. The lowest BCUT2D eigenvalue weighted by molar-refractivity contribution is -0.149. The first-order valence-corrected chi connectivity index (χ1v) is 8.30. The summed E-state index contributed by atoms with van der Waals surface area (Å²) in [4.78, 5) is 28.4. The number of piperazine rings is 1. The minimum atomic E-state index is -0.951. The number of carboxylic acids is 1. The first kappa shape index (κ1) is 15.2. The highest BCUT2D eigenvalue weighted by atomic mass is 16.5. The lowest BCUT2D eigenvalue weighted by Crippen LogP contribution is -2.53. The van der Waals surface area contributed by atoms with Crippen molar-refractivity contribution in [3.8, 4) is 0 Å². The third-order valence-electron chi connectivity index (χ3n) is 5.18. The van der Waals surface area contributed by atoms with Gasteiger partial charge in [0.25, 0.3) is 0 Å². The lowest BCUT2D eigenvalue weighted by Gasteiger charge is -2.38. The highest BCUT2D eigenvalue weighted by Crippen LogP contribution is 2.40. The molecule has 0 saturated carbocycles. The van der Waals surface area contributed by atoms with Crippen LogP contribution in [0.5, 0.6) is 0 Å². The van der Waals surface area contributed by atoms with E-state index in [1.165, 1.54) is 0 Å². The molecule has 0 radical (unpaired) electrons. The van der Waals surface area contributed by atoms with Crippen molar-refractivity contribution in [2.45, 2.75) is 12.2 Å². The zero-order chi connectivity index (χ0) is 16.7. The van der Waals surface area contributed by atoms with Crippen LogP contribution >= 0.6 is 0 Å².